The second kappa shape index (κ2) is 5.42. The lowest BCUT2D eigenvalue weighted by Crippen LogP contribution is -2.25. The van der Waals surface area contributed by atoms with Gasteiger partial charge in [0.1, 0.15) is 6.10 Å². The quantitative estimate of drug-likeness (QED) is 0.644. The van der Waals surface area contributed by atoms with E-state index >= 15 is 0 Å². The van der Waals surface area contributed by atoms with Gasteiger partial charge in [0, 0.05) is 5.69 Å². The maximum atomic E-state index is 12.1. The highest BCUT2D eigenvalue weighted by atomic mass is 16.5. The highest BCUT2D eigenvalue weighted by molar-refractivity contribution is 5.95. The number of nitrogen functional groups attached to an aromatic ring is 1. The molecule has 1 aromatic carbocycles. The van der Waals surface area contributed by atoms with Crippen molar-refractivity contribution in [3.8, 4) is 0 Å². The number of ether oxygens (including phenoxy) is 1. The maximum absolute atomic E-state index is 12.1. The first-order valence-corrected chi connectivity index (χ1v) is 6.64. The molecule has 0 aliphatic heterocycles. The van der Waals surface area contributed by atoms with Crippen LogP contribution >= 0.6 is 0 Å². The van der Waals surface area contributed by atoms with Crippen molar-refractivity contribution in [1.29, 1.82) is 0 Å². The predicted octanol–water partition coefficient (Wildman–Crippen LogP) is 3.31. The summed E-state index contributed by atoms with van der Waals surface area (Å²) in [5.41, 5.74) is 7.86. The molecule has 3 nitrogen and oxygen atoms in total. The number of carbonyl (C=O) groups excluding carboxylic acids is 1. The molecule has 0 amide bonds. The van der Waals surface area contributed by atoms with E-state index in [9.17, 15) is 4.79 Å². The van der Waals surface area contributed by atoms with E-state index < -0.39 is 0 Å². The van der Waals surface area contributed by atoms with Crippen molar-refractivity contribution in [3.05, 3.63) is 29.3 Å². The highest BCUT2D eigenvalue weighted by Crippen LogP contribution is 2.27. The lowest BCUT2D eigenvalue weighted by atomic mass is 9.89. The van der Waals surface area contributed by atoms with Gasteiger partial charge in [-0.3, -0.25) is 0 Å². The van der Waals surface area contributed by atoms with Crippen LogP contribution in [-0.4, -0.2) is 12.1 Å². The van der Waals surface area contributed by atoms with E-state index in [1.807, 2.05) is 19.1 Å². The number of hydrogen-bond acceptors (Lipinski definition) is 3. The SMILES string of the molecule is Cc1cccc(C(=O)OC2CCCC(C)C2)c1N. The van der Waals surface area contributed by atoms with Crippen molar-refractivity contribution in [2.45, 2.75) is 45.6 Å². The van der Waals surface area contributed by atoms with Crippen LogP contribution in [0.2, 0.25) is 0 Å². The third-order valence-electron chi connectivity index (χ3n) is 3.71. The van der Waals surface area contributed by atoms with Crippen LogP contribution in [0.4, 0.5) is 5.69 Å². The Hall–Kier alpha value is -1.51. The Labute approximate surface area is 108 Å². The van der Waals surface area contributed by atoms with Crippen LogP contribution in [0, 0.1) is 12.8 Å². The van der Waals surface area contributed by atoms with Gasteiger partial charge in [0.2, 0.25) is 0 Å². The lowest BCUT2D eigenvalue weighted by Gasteiger charge is -2.26. The molecule has 1 aromatic rings. The molecule has 98 valence electrons. The Morgan fingerprint density at radius 3 is 2.89 bits per heavy atom. The van der Waals surface area contributed by atoms with Crippen LogP contribution in [0.15, 0.2) is 18.2 Å². The summed E-state index contributed by atoms with van der Waals surface area (Å²) in [6.07, 6.45) is 4.38. The summed E-state index contributed by atoms with van der Waals surface area (Å²) < 4.78 is 5.56. The Bertz CT molecular complexity index is 442. The number of anilines is 1. The molecule has 0 spiro atoms. The average molecular weight is 247 g/mol. The van der Waals surface area contributed by atoms with E-state index in [2.05, 4.69) is 6.92 Å². The van der Waals surface area contributed by atoms with Gasteiger partial charge in [-0.2, -0.15) is 0 Å². The summed E-state index contributed by atoms with van der Waals surface area (Å²) >= 11 is 0. The van der Waals surface area contributed by atoms with Crippen molar-refractivity contribution >= 4 is 11.7 Å². The number of aryl methyl sites for hydroxylation is 1. The zero-order valence-corrected chi connectivity index (χ0v) is 11.1. The maximum Gasteiger partial charge on any atom is 0.340 e. The number of hydrogen-bond donors (Lipinski definition) is 1. The minimum absolute atomic E-state index is 0.0566. The topological polar surface area (TPSA) is 52.3 Å². The predicted molar refractivity (Wildman–Crippen MR) is 72.4 cm³/mol. The molecular formula is C15H21NO2. The standard InChI is InChI=1S/C15H21NO2/c1-10-5-3-7-12(9-10)18-15(17)13-8-4-6-11(2)14(13)16/h4,6,8,10,12H,3,5,7,9,16H2,1-2H3. The number of rotatable bonds is 2. The van der Waals surface area contributed by atoms with E-state index in [0.717, 1.165) is 24.8 Å². The van der Waals surface area contributed by atoms with E-state index in [1.54, 1.807) is 6.07 Å². The second-order valence-corrected chi connectivity index (χ2v) is 5.34. The Balaban J connectivity index is 2.05. The summed E-state index contributed by atoms with van der Waals surface area (Å²) in [4.78, 5) is 12.1. The van der Waals surface area contributed by atoms with Crippen LogP contribution < -0.4 is 5.73 Å². The zero-order valence-electron chi connectivity index (χ0n) is 11.1. The van der Waals surface area contributed by atoms with E-state index in [1.165, 1.54) is 6.42 Å². The van der Waals surface area contributed by atoms with Crippen molar-refractivity contribution in [3.63, 3.8) is 0 Å². The third-order valence-corrected chi connectivity index (χ3v) is 3.71. The molecule has 2 atom stereocenters. The molecule has 2 N–H and O–H groups in total. The third kappa shape index (κ3) is 2.84. The molecule has 0 radical (unpaired) electrons. The molecule has 18 heavy (non-hydrogen) atoms. The summed E-state index contributed by atoms with van der Waals surface area (Å²) in [5.74, 6) is 0.363. The summed E-state index contributed by atoms with van der Waals surface area (Å²) in [6.45, 7) is 4.11. The molecule has 3 heteroatoms. The molecule has 0 heterocycles. The molecule has 0 aromatic heterocycles. The first-order chi connectivity index (χ1) is 8.58. The number of benzene rings is 1. The molecular weight excluding hydrogens is 226 g/mol. The van der Waals surface area contributed by atoms with Gasteiger partial charge in [-0.05, 0) is 43.7 Å². The average Bonchev–Trinajstić information content (AvgIpc) is 2.32. The lowest BCUT2D eigenvalue weighted by molar-refractivity contribution is 0.0156. The first-order valence-electron chi connectivity index (χ1n) is 6.64. The van der Waals surface area contributed by atoms with Crippen molar-refractivity contribution in [1.82, 2.24) is 0 Å². The molecule has 0 saturated heterocycles. The normalized spacial score (nSPS) is 23.7. The van der Waals surface area contributed by atoms with Gasteiger partial charge in [-0.25, -0.2) is 4.79 Å². The molecule has 1 aliphatic carbocycles. The number of esters is 1. The van der Waals surface area contributed by atoms with Gasteiger partial charge < -0.3 is 10.5 Å². The molecule has 1 saturated carbocycles. The Morgan fingerprint density at radius 2 is 2.17 bits per heavy atom. The Morgan fingerprint density at radius 1 is 1.39 bits per heavy atom. The fraction of sp³-hybridized carbons (Fsp3) is 0.533. The molecule has 2 rings (SSSR count). The van der Waals surface area contributed by atoms with Crippen LogP contribution in [0.3, 0.4) is 0 Å². The van der Waals surface area contributed by atoms with Crippen LogP contribution in [-0.2, 0) is 4.74 Å². The number of carbonyl (C=O) groups is 1. The van der Waals surface area contributed by atoms with Crippen molar-refractivity contribution in [2.24, 2.45) is 5.92 Å². The van der Waals surface area contributed by atoms with Gasteiger partial charge in [-0.1, -0.05) is 25.5 Å². The molecule has 1 aliphatic rings. The molecule has 2 unspecified atom stereocenters. The largest absolute Gasteiger partial charge is 0.459 e. The minimum Gasteiger partial charge on any atom is -0.459 e. The molecule has 1 fully saturated rings. The van der Waals surface area contributed by atoms with Gasteiger partial charge in [-0.15, -0.1) is 0 Å². The summed E-state index contributed by atoms with van der Waals surface area (Å²) in [6, 6.07) is 5.47. The van der Waals surface area contributed by atoms with E-state index in [4.69, 9.17) is 10.5 Å². The summed E-state index contributed by atoms with van der Waals surface area (Å²) in [5, 5.41) is 0. The van der Waals surface area contributed by atoms with Crippen LogP contribution in [0.25, 0.3) is 0 Å². The van der Waals surface area contributed by atoms with Gasteiger partial charge >= 0.3 is 5.97 Å². The highest BCUT2D eigenvalue weighted by Gasteiger charge is 2.23. The second-order valence-electron chi connectivity index (χ2n) is 5.34. The monoisotopic (exact) mass is 247 g/mol. The smallest absolute Gasteiger partial charge is 0.340 e. The fourth-order valence-corrected chi connectivity index (χ4v) is 2.56. The zero-order chi connectivity index (χ0) is 13.1. The fourth-order valence-electron chi connectivity index (χ4n) is 2.56. The van der Waals surface area contributed by atoms with Crippen molar-refractivity contribution in [2.75, 3.05) is 5.73 Å². The van der Waals surface area contributed by atoms with Gasteiger partial charge in [0.05, 0.1) is 5.56 Å². The molecule has 0 bridgehead atoms. The number of para-hydroxylation sites is 1. The number of nitrogens with two attached hydrogens (primary N) is 1. The first kappa shape index (κ1) is 12.9. The van der Waals surface area contributed by atoms with E-state index in [0.29, 0.717) is 17.2 Å². The van der Waals surface area contributed by atoms with Gasteiger partial charge in [0.15, 0.2) is 0 Å². The van der Waals surface area contributed by atoms with Crippen molar-refractivity contribution < 1.29 is 9.53 Å². The minimum atomic E-state index is -0.282. The Kier molecular flexibility index (Phi) is 3.90. The van der Waals surface area contributed by atoms with Gasteiger partial charge in [0.25, 0.3) is 0 Å². The van der Waals surface area contributed by atoms with Crippen LogP contribution in [0.5, 0.6) is 0 Å². The van der Waals surface area contributed by atoms with E-state index in [-0.39, 0.29) is 12.1 Å². The summed E-state index contributed by atoms with van der Waals surface area (Å²) in [7, 11) is 0. The van der Waals surface area contributed by atoms with Crippen LogP contribution in [0.1, 0.15) is 48.5 Å².